The maximum Gasteiger partial charge on any atom is 0.104 e. The third kappa shape index (κ3) is 6.43. The fraction of sp³-hybridized carbons (Fsp3) is 1.00. The van der Waals surface area contributed by atoms with Crippen molar-refractivity contribution >= 4 is 0 Å². The Bertz CT molecular complexity index is 189. The van der Waals surface area contributed by atoms with Crippen LogP contribution in [-0.2, 0) is 18.9 Å². The van der Waals surface area contributed by atoms with Gasteiger partial charge in [0.2, 0.25) is 0 Å². The van der Waals surface area contributed by atoms with Gasteiger partial charge < -0.3 is 18.9 Å². The summed E-state index contributed by atoms with van der Waals surface area (Å²) in [4.78, 5) is 0. The largest absolute Gasteiger partial charge is 0.379 e. The first-order valence-corrected chi connectivity index (χ1v) is 5.83. The minimum atomic E-state index is 0.0440. The molecular weight excluding hydrogens is 208 g/mol. The van der Waals surface area contributed by atoms with E-state index in [2.05, 4.69) is 13.8 Å². The van der Waals surface area contributed by atoms with Gasteiger partial charge in [-0.25, -0.2) is 0 Å². The number of methoxy groups -OCH3 is 1. The van der Waals surface area contributed by atoms with Gasteiger partial charge in [-0.2, -0.15) is 0 Å². The highest BCUT2D eigenvalue weighted by molar-refractivity contribution is 4.71. The SMILES string of the molecule is COC(C)COCC(C)(C)COCC1CO1. The maximum atomic E-state index is 5.59. The number of hydrogen-bond acceptors (Lipinski definition) is 4. The van der Waals surface area contributed by atoms with Crippen LogP contribution in [0.15, 0.2) is 0 Å². The van der Waals surface area contributed by atoms with Crippen molar-refractivity contribution in [2.45, 2.75) is 33.0 Å². The summed E-state index contributed by atoms with van der Waals surface area (Å²) in [5.41, 5.74) is 0.0440. The molecule has 1 heterocycles. The van der Waals surface area contributed by atoms with Crippen LogP contribution >= 0.6 is 0 Å². The monoisotopic (exact) mass is 232 g/mol. The molecule has 2 atom stereocenters. The van der Waals surface area contributed by atoms with Crippen LogP contribution in [0, 0.1) is 5.41 Å². The molecule has 0 radical (unpaired) electrons. The molecule has 4 heteroatoms. The summed E-state index contributed by atoms with van der Waals surface area (Å²) in [5.74, 6) is 0. The molecule has 0 bridgehead atoms. The Morgan fingerprint density at radius 2 is 1.94 bits per heavy atom. The molecule has 16 heavy (non-hydrogen) atoms. The van der Waals surface area contributed by atoms with E-state index < -0.39 is 0 Å². The van der Waals surface area contributed by atoms with E-state index >= 15 is 0 Å². The molecule has 1 saturated heterocycles. The van der Waals surface area contributed by atoms with Crippen molar-refractivity contribution in [3.8, 4) is 0 Å². The minimum Gasteiger partial charge on any atom is -0.379 e. The zero-order valence-electron chi connectivity index (χ0n) is 10.8. The fourth-order valence-corrected chi connectivity index (χ4v) is 1.24. The molecule has 96 valence electrons. The van der Waals surface area contributed by atoms with Crippen LogP contribution in [0.2, 0.25) is 0 Å². The molecule has 2 unspecified atom stereocenters. The average molecular weight is 232 g/mol. The number of hydrogen-bond donors (Lipinski definition) is 0. The lowest BCUT2D eigenvalue weighted by atomic mass is 9.96. The summed E-state index contributed by atoms with van der Waals surface area (Å²) in [6, 6.07) is 0. The van der Waals surface area contributed by atoms with Gasteiger partial charge in [0.25, 0.3) is 0 Å². The smallest absolute Gasteiger partial charge is 0.104 e. The molecule has 0 aliphatic carbocycles. The summed E-state index contributed by atoms with van der Waals surface area (Å²) < 4.78 is 21.3. The Morgan fingerprint density at radius 1 is 1.31 bits per heavy atom. The van der Waals surface area contributed by atoms with E-state index in [1.165, 1.54) is 0 Å². The first-order valence-electron chi connectivity index (χ1n) is 5.83. The normalized spacial score (nSPS) is 22.1. The van der Waals surface area contributed by atoms with Crippen LogP contribution in [0.3, 0.4) is 0 Å². The van der Waals surface area contributed by atoms with E-state index in [0.29, 0.717) is 32.5 Å². The van der Waals surface area contributed by atoms with Gasteiger partial charge in [0.05, 0.1) is 39.1 Å². The first-order chi connectivity index (χ1) is 7.53. The second-order valence-corrected chi connectivity index (χ2v) is 5.20. The number of rotatable bonds is 9. The Balaban J connectivity index is 2.02. The van der Waals surface area contributed by atoms with Gasteiger partial charge in [-0.05, 0) is 6.92 Å². The third-order valence-electron chi connectivity index (χ3n) is 2.45. The molecule has 0 N–H and O–H groups in total. The molecule has 4 nitrogen and oxygen atoms in total. The van der Waals surface area contributed by atoms with Gasteiger partial charge in [-0.15, -0.1) is 0 Å². The second kappa shape index (κ2) is 6.55. The zero-order valence-corrected chi connectivity index (χ0v) is 10.8. The molecule has 0 amide bonds. The van der Waals surface area contributed by atoms with Gasteiger partial charge >= 0.3 is 0 Å². The topological polar surface area (TPSA) is 40.2 Å². The molecule has 0 saturated carbocycles. The summed E-state index contributed by atoms with van der Waals surface area (Å²) >= 11 is 0. The van der Waals surface area contributed by atoms with Gasteiger partial charge in [-0.3, -0.25) is 0 Å². The van der Waals surface area contributed by atoms with Crippen molar-refractivity contribution in [2.75, 3.05) is 40.1 Å². The van der Waals surface area contributed by atoms with E-state index in [4.69, 9.17) is 18.9 Å². The van der Waals surface area contributed by atoms with Gasteiger partial charge in [-0.1, -0.05) is 13.8 Å². The molecule has 0 aromatic carbocycles. The van der Waals surface area contributed by atoms with Crippen LogP contribution in [-0.4, -0.2) is 52.4 Å². The van der Waals surface area contributed by atoms with Crippen molar-refractivity contribution in [1.29, 1.82) is 0 Å². The van der Waals surface area contributed by atoms with Gasteiger partial charge in [0, 0.05) is 12.5 Å². The number of epoxide rings is 1. The predicted molar refractivity (Wildman–Crippen MR) is 61.6 cm³/mol. The van der Waals surface area contributed by atoms with E-state index in [0.717, 1.165) is 6.61 Å². The summed E-state index contributed by atoms with van der Waals surface area (Å²) in [5, 5.41) is 0. The molecule has 0 spiro atoms. The maximum absolute atomic E-state index is 5.59. The molecule has 1 rings (SSSR count). The van der Waals surface area contributed by atoms with Crippen LogP contribution in [0.5, 0.6) is 0 Å². The standard InChI is InChI=1S/C12H24O4/c1-10(13-4)5-14-8-12(2,3)9-15-6-11-7-16-11/h10-11H,5-9H2,1-4H3. The van der Waals surface area contributed by atoms with Crippen molar-refractivity contribution in [3.05, 3.63) is 0 Å². The summed E-state index contributed by atoms with van der Waals surface area (Å²) in [6.07, 6.45) is 0.488. The Morgan fingerprint density at radius 3 is 2.50 bits per heavy atom. The van der Waals surface area contributed by atoms with Crippen molar-refractivity contribution in [2.24, 2.45) is 5.41 Å². The molecule has 1 aliphatic heterocycles. The molecule has 0 aromatic rings. The Labute approximate surface area is 98.2 Å². The molecule has 1 aliphatic rings. The Kier molecular flexibility index (Phi) is 5.69. The highest BCUT2D eigenvalue weighted by Crippen LogP contribution is 2.18. The van der Waals surface area contributed by atoms with Crippen molar-refractivity contribution in [1.82, 2.24) is 0 Å². The number of ether oxygens (including phenoxy) is 4. The minimum absolute atomic E-state index is 0.0440. The van der Waals surface area contributed by atoms with Crippen LogP contribution in [0.1, 0.15) is 20.8 Å². The van der Waals surface area contributed by atoms with E-state index in [1.54, 1.807) is 7.11 Å². The third-order valence-corrected chi connectivity index (χ3v) is 2.45. The average Bonchev–Trinajstić information content (AvgIpc) is 3.01. The predicted octanol–water partition coefficient (Wildman–Crippen LogP) is 1.48. The molecule has 0 aromatic heterocycles. The van der Waals surface area contributed by atoms with Crippen LogP contribution < -0.4 is 0 Å². The molecular formula is C12H24O4. The van der Waals surface area contributed by atoms with Crippen molar-refractivity contribution in [3.63, 3.8) is 0 Å². The summed E-state index contributed by atoms with van der Waals surface area (Å²) in [7, 11) is 1.69. The Hall–Kier alpha value is -0.160. The van der Waals surface area contributed by atoms with E-state index in [1.807, 2.05) is 6.92 Å². The summed E-state index contributed by atoms with van der Waals surface area (Å²) in [6.45, 7) is 9.84. The fourth-order valence-electron chi connectivity index (χ4n) is 1.24. The van der Waals surface area contributed by atoms with Crippen LogP contribution in [0.25, 0.3) is 0 Å². The highest BCUT2D eigenvalue weighted by Gasteiger charge is 2.25. The van der Waals surface area contributed by atoms with E-state index in [9.17, 15) is 0 Å². The highest BCUT2D eigenvalue weighted by atomic mass is 16.6. The quantitative estimate of drug-likeness (QED) is 0.565. The molecule has 1 fully saturated rings. The lowest BCUT2D eigenvalue weighted by Gasteiger charge is -2.24. The van der Waals surface area contributed by atoms with Crippen molar-refractivity contribution < 1.29 is 18.9 Å². The lowest BCUT2D eigenvalue weighted by molar-refractivity contribution is -0.0372. The van der Waals surface area contributed by atoms with Gasteiger partial charge in [0.15, 0.2) is 0 Å². The zero-order chi connectivity index (χ0) is 12.0. The lowest BCUT2D eigenvalue weighted by Crippen LogP contribution is -2.28. The first kappa shape index (κ1) is 13.9. The van der Waals surface area contributed by atoms with Gasteiger partial charge in [0.1, 0.15) is 6.10 Å². The van der Waals surface area contributed by atoms with E-state index in [-0.39, 0.29) is 11.5 Å². The van der Waals surface area contributed by atoms with Crippen LogP contribution in [0.4, 0.5) is 0 Å². The second-order valence-electron chi connectivity index (χ2n) is 5.20.